The van der Waals surface area contributed by atoms with Crippen molar-refractivity contribution in [2.24, 2.45) is 10.9 Å². The summed E-state index contributed by atoms with van der Waals surface area (Å²) in [4.78, 5) is 29.7. The van der Waals surface area contributed by atoms with Crippen LogP contribution in [0, 0.1) is 5.92 Å². The predicted molar refractivity (Wildman–Crippen MR) is 118 cm³/mol. The van der Waals surface area contributed by atoms with Gasteiger partial charge in [0.05, 0.1) is 0 Å². The Labute approximate surface area is 178 Å². The standard InChI is InChI=1S/C19H29N5O2.HI/c1-20-17(25)12-14-8-10-24(11-9-14)19(22-3)23-13-15-4-6-16(7-5-15)18(26)21-2;/h4-7,14H,8-13H2,1-3H3,(H,20,25)(H,21,26)(H,22,23);1H. The third kappa shape index (κ3) is 7.00. The molecule has 2 amide bonds. The Morgan fingerprint density at radius 1 is 1.11 bits per heavy atom. The summed E-state index contributed by atoms with van der Waals surface area (Å²) in [6, 6.07) is 7.53. The van der Waals surface area contributed by atoms with Crippen LogP contribution in [0.4, 0.5) is 0 Å². The van der Waals surface area contributed by atoms with E-state index in [2.05, 4.69) is 25.8 Å². The Hall–Kier alpha value is -1.84. The normalized spacial score (nSPS) is 14.9. The first-order chi connectivity index (χ1) is 12.6. The minimum Gasteiger partial charge on any atom is -0.359 e. The van der Waals surface area contributed by atoms with Crippen molar-refractivity contribution in [3.8, 4) is 0 Å². The van der Waals surface area contributed by atoms with Gasteiger partial charge in [0, 0.05) is 52.8 Å². The number of aliphatic imine (C=N–C) groups is 1. The van der Waals surface area contributed by atoms with Gasteiger partial charge < -0.3 is 20.9 Å². The molecule has 0 bridgehead atoms. The van der Waals surface area contributed by atoms with Gasteiger partial charge in [-0.3, -0.25) is 14.6 Å². The summed E-state index contributed by atoms with van der Waals surface area (Å²) in [5, 5.41) is 8.69. The van der Waals surface area contributed by atoms with E-state index in [-0.39, 0.29) is 35.8 Å². The summed E-state index contributed by atoms with van der Waals surface area (Å²) < 4.78 is 0. The average molecular weight is 487 g/mol. The highest BCUT2D eigenvalue weighted by atomic mass is 127. The fourth-order valence-corrected chi connectivity index (χ4v) is 3.14. The molecular weight excluding hydrogens is 457 g/mol. The molecule has 8 heteroatoms. The Balaban J connectivity index is 0.00000364. The van der Waals surface area contributed by atoms with E-state index in [0.717, 1.165) is 37.5 Å². The highest BCUT2D eigenvalue weighted by Gasteiger charge is 2.22. The maximum Gasteiger partial charge on any atom is 0.251 e. The number of benzene rings is 1. The lowest BCUT2D eigenvalue weighted by Gasteiger charge is -2.34. The number of hydrogen-bond acceptors (Lipinski definition) is 3. The molecule has 0 unspecified atom stereocenters. The van der Waals surface area contributed by atoms with Crippen LogP contribution < -0.4 is 16.0 Å². The minimum absolute atomic E-state index is 0. The number of piperidine rings is 1. The Kier molecular flexibility index (Phi) is 10.1. The van der Waals surface area contributed by atoms with Gasteiger partial charge in [-0.2, -0.15) is 0 Å². The molecule has 0 aromatic heterocycles. The summed E-state index contributed by atoms with van der Waals surface area (Å²) in [5.74, 6) is 1.35. The van der Waals surface area contributed by atoms with Crippen molar-refractivity contribution < 1.29 is 9.59 Å². The van der Waals surface area contributed by atoms with Crippen LogP contribution in [-0.4, -0.2) is 56.9 Å². The number of nitrogens with one attached hydrogen (secondary N) is 3. The topological polar surface area (TPSA) is 85.8 Å². The number of halogens is 1. The van der Waals surface area contributed by atoms with Gasteiger partial charge in [-0.1, -0.05) is 12.1 Å². The van der Waals surface area contributed by atoms with Gasteiger partial charge in [-0.15, -0.1) is 24.0 Å². The van der Waals surface area contributed by atoms with Crippen LogP contribution in [0.5, 0.6) is 0 Å². The molecule has 2 rings (SSSR count). The van der Waals surface area contributed by atoms with Crippen molar-refractivity contribution in [2.45, 2.75) is 25.8 Å². The smallest absolute Gasteiger partial charge is 0.251 e. The molecule has 0 saturated carbocycles. The summed E-state index contributed by atoms with van der Waals surface area (Å²) in [5.41, 5.74) is 1.74. The second-order valence-electron chi connectivity index (χ2n) is 6.48. The van der Waals surface area contributed by atoms with Gasteiger partial charge in [-0.05, 0) is 36.5 Å². The molecule has 1 fully saturated rings. The van der Waals surface area contributed by atoms with Crippen molar-refractivity contribution in [1.29, 1.82) is 0 Å². The van der Waals surface area contributed by atoms with Crippen molar-refractivity contribution in [3.05, 3.63) is 35.4 Å². The van der Waals surface area contributed by atoms with Crippen molar-refractivity contribution in [2.75, 3.05) is 34.2 Å². The van der Waals surface area contributed by atoms with Gasteiger partial charge in [-0.25, -0.2) is 0 Å². The zero-order chi connectivity index (χ0) is 18.9. The number of likely N-dealkylation sites (tertiary alicyclic amines) is 1. The molecule has 1 aliphatic heterocycles. The van der Waals surface area contributed by atoms with E-state index in [1.807, 2.05) is 24.3 Å². The van der Waals surface area contributed by atoms with Crippen LogP contribution in [-0.2, 0) is 11.3 Å². The van der Waals surface area contributed by atoms with Gasteiger partial charge in [0.25, 0.3) is 5.91 Å². The lowest BCUT2D eigenvalue weighted by Crippen LogP contribution is -2.45. The molecule has 0 aliphatic carbocycles. The molecule has 0 atom stereocenters. The van der Waals surface area contributed by atoms with Gasteiger partial charge in [0.15, 0.2) is 5.96 Å². The van der Waals surface area contributed by atoms with Crippen LogP contribution >= 0.6 is 24.0 Å². The van der Waals surface area contributed by atoms with Crippen molar-refractivity contribution in [3.63, 3.8) is 0 Å². The highest BCUT2D eigenvalue weighted by molar-refractivity contribution is 14.0. The maximum atomic E-state index is 11.6. The van der Waals surface area contributed by atoms with E-state index < -0.39 is 0 Å². The molecular formula is C19H30IN5O2. The summed E-state index contributed by atoms with van der Waals surface area (Å²) in [7, 11) is 5.09. The second kappa shape index (κ2) is 11.8. The number of carbonyl (C=O) groups excluding carboxylic acids is 2. The third-order valence-electron chi connectivity index (χ3n) is 4.77. The van der Waals surface area contributed by atoms with Crippen molar-refractivity contribution in [1.82, 2.24) is 20.9 Å². The highest BCUT2D eigenvalue weighted by Crippen LogP contribution is 2.20. The number of guanidine groups is 1. The molecule has 1 heterocycles. The molecule has 7 nitrogen and oxygen atoms in total. The molecule has 1 aromatic carbocycles. The number of amides is 2. The minimum atomic E-state index is -0.0834. The van der Waals surface area contributed by atoms with E-state index >= 15 is 0 Å². The first-order valence-corrected chi connectivity index (χ1v) is 9.04. The van der Waals surface area contributed by atoms with Crippen LogP contribution in [0.1, 0.15) is 35.2 Å². The monoisotopic (exact) mass is 487 g/mol. The lowest BCUT2D eigenvalue weighted by atomic mass is 9.93. The number of hydrogen-bond donors (Lipinski definition) is 3. The largest absolute Gasteiger partial charge is 0.359 e. The lowest BCUT2D eigenvalue weighted by molar-refractivity contribution is -0.121. The van der Waals surface area contributed by atoms with E-state index in [1.54, 1.807) is 21.1 Å². The molecule has 150 valence electrons. The van der Waals surface area contributed by atoms with E-state index in [0.29, 0.717) is 24.4 Å². The molecule has 1 saturated heterocycles. The van der Waals surface area contributed by atoms with Gasteiger partial charge in [0.2, 0.25) is 5.91 Å². The fourth-order valence-electron chi connectivity index (χ4n) is 3.14. The summed E-state index contributed by atoms with van der Waals surface area (Å²) >= 11 is 0. The van der Waals surface area contributed by atoms with E-state index in [1.165, 1.54) is 0 Å². The third-order valence-corrected chi connectivity index (χ3v) is 4.77. The van der Waals surface area contributed by atoms with Crippen LogP contribution in [0.15, 0.2) is 29.3 Å². The van der Waals surface area contributed by atoms with E-state index in [9.17, 15) is 9.59 Å². The zero-order valence-corrected chi connectivity index (χ0v) is 18.6. The zero-order valence-electron chi connectivity index (χ0n) is 16.2. The Bertz CT molecular complexity index is 640. The van der Waals surface area contributed by atoms with Gasteiger partial charge in [0.1, 0.15) is 0 Å². The molecule has 27 heavy (non-hydrogen) atoms. The number of rotatable bonds is 5. The van der Waals surface area contributed by atoms with Crippen LogP contribution in [0.25, 0.3) is 0 Å². The molecule has 0 spiro atoms. The molecule has 1 aliphatic rings. The average Bonchev–Trinajstić information content (AvgIpc) is 2.69. The molecule has 3 N–H and O–H groups in total. The SMILES string of the molecule is CN=C(NCc1ccc(C(=O)NC)cc1)N1CCC(CC(=O)NC)CC1.I. The second-order valence-corrected chi connectivity index (χ2v) is 6.48. The fraction of sp³-hybridized carbons (Fsp3) is 0.526. The molecule has 1 aromatic rings. The van der Waals surface area contributed by atoms with Crippen LogP contribution in [0.3, 0.4) is 0 Å². The summed E-state index contributed by atoms with van der Waals surface area (Å²) in [6.45, 7) is 2.45. The predicted octanol–water partition coefficient (Wildman–Crippen LogP) is 1.59. The molecule has 0 radical (unpaired) electrons. The van der Waals surface area contributed by atoms with Crippen molar-refractivity contribution >= 4 is 41.8 Å². The first kappa shape index (κ1) is 23.2. The quantitative estimate of drug-likeness (QED) is 0.335. The van der Waals surface area contributed by atoms with Crippen LogP contribution in [0.2, 0.25) is 0 Å². The van der Waals surface area contributed by atoms with Gasteiger partial charge >= 0.3 is 0 Å². The first-order valence-electron chi connectivity index (χ1n) is 9.04. The summed E-state index contributed by atoms with van der Waals surface area (Å²) in [6.07, 6.45) is 2.60. The number of carbonyl (C=O) groups is 2. The maximum absolute atomic E-state index is 11.6. The number of nitrogens with zero attached hydrogens (tertiary/aromatic N) is 2. The van der Waals surface area contributed by atoms with E-state index in [4.69, 9.17) is 0 Å². The Morgan fingerprint density at radius 2 is 1.74 bits per heavy atom. The Morgan fingerprint density at radius 3 is 2.26 bits per heavy atom.